The number of carboxylic acids is 1. The van der Waals surface area contributed by atoms with Gasteiger partial charge in [0.2, 0.25) is 11.8 Å². The van der Waals surface area contributed by atoms with Crippen LogP contribution in [0, 0.1) is 11.8 Å². The summed E-state index contributed by atoms with van der Waals surface area (Å²) in [6.07, 6.45) is 1.59. The molecule has 2 bridgehead atoms. The van der Waals surface area contributed by atoms with Gasteiger partial charge in [-0.1, -0.05) is 52.3 Å². The average Bonchev–Trinajstić information content (AvgIpc) is 3.39. The Morgan fingerprint density at radius 1 is 1.34 bits per heavy atom. The summed E-state index contributed by atoms with van der Waals surface area (Å²) in [5.41, 5.74) is -0.970. The number of likely N-dealkylation sites (tertiary alicyclic amines) is 1. The van der Waals surface area contributed by atoms with Crippen molar-refractivity contribution in [2.24, 2.45) is 11.8 Å². The molecule has 3 unspecified atom stereocenters. The highest BCUT2D eigenvalue weighted by Crippen LogP contribution is 2.60. The topological polar surface area (TPSA) is 107 Å². The van der Waals surface area contributed by atoms with Crippen LogP contribution in [0.1, 0.15) is 32.8 Å². The molecule has 2 N–H and O–H groups in total. The zero-order valence-electron chi connectivity index (χ0n) is 20.3. The average molecular weight is 549 g/mol. The highest BCUT2D eigenvalue weighted by molar-refractivity contribution is 9.09. The number of halogens is 1. The Labute approximate surface area is 214 Å². The third kappa shape index (κ3) is 4.11. The van der Waals surface area contributed by atoms with Crippen LogP contribution in [-0.2, 0) is 25.5 Å². The third-order valence-electron chi connectivity index (χ3n) is 7.55. The van der Waals surface area contributed by atoms with Crippen LogP contribution in [0.25, 0.3) is 0 Å². The fourth-order valence-electron chi connectivity index (χ4n) is 6.13. The van der Waals surface area contributed by atoms with Gasteiger partial charge < -0.3 is 24.7 Å². The number of nitrogens with zero attached hydrogens (tertiary/aromatic N) is 2. The van der Waals surface area contributed by atoms with Crippen LogP contribution >= 0.6 is 15.9 Å². The molecular weight excluding hydrogens is 516 g/mol. The molecule has 0 aliphatic carbocycles. The van der Waals surface area contributed by atoms with E-state index in [0.717, 1.165) is 5.56 Å². The molecule has 1 spiro atoms. The summed E-state index contributed by atoms with van der Waals surface area (Å²) in [4.78, 5) is 43.4. The van der Waals surface area contributed by atoms with E-state index in [1.54, 1.807) is 11.0 Å². The largest absolute Gasteiger partial charge is 0.481 e. The second kappa shape index (κ2) is 9.33. The molecule has 0 saturated carbocycles. The lowest BCUT2D eigenvalue weighted by Crippen LogP contribution is -2.62. The van der Waals surface area contributed by atoms with Crippen molar-refractivity contribution in [1.29, 1.82) is 0 Å². The maximum Gasteiger partial charge on any atom is 0.310 e. The van der Waals surface area contributed by atoms with Crippen LogP contribution < -0.4 is 0 Å². The van der Waals surface area contributed by atoms with Gasteiger partial charge in [-0.2, -0.15) is 0 Å². The van der Waals surface area contributed by atoms with Gasteiger partial charge in [0.05, 0.1) is 30.6 Å². The molecule has 7 atom stereocenters. The minimum Gasteiger partial charge on any atom is -0.481 e. The van der Waals surface area contributed by atoms with Gasteiger partial charge in [0.15, 0.2) is 0 Å². The summed E-state index contributed by atoms with van der Waals surface area (Å²) in [5, 5.41) is 20.5. The smallest absolute Gasteiger partial charge is 0.310 e. The number of carboxylic acid groups (broad SMARTS) is 1. The first kappa shape index (κ1) is 25.9. The first-order valence-corrected chi connectivity index (χ1v) is 12.8. The lowest BCUT2D eigenvalue weighted by atomic mass is 9.70. The number of fused-ring (bicyclic) bond motifs is 1. The predicted molar refractivity (Wildman–Crippen MR) is 133 cm³/mol. The molecular formula is C26H33BrN2O6. The van der Waals surface area contributed by atoms with Crippen molar-refractivity contribution in [3.8, 4) is 0 Å². The molecule has 1 aromatic carbocycles. The van der Waals surface area contributed by atoms with E-state index in [-0.39, 0.29) is 23.9 Å². The monoisotopic (exact) mass is 548 g/mol. The van der Waals surface area contributed by atoms with E-state index < -0.39 is 53.0 Å². The minimum atomic E-state index is -1.29. The molecule has 3 saturated heterocycles. The van der Waals surface area contributed by atoms with Crippen molar-refractivity contribution in [3.63, 3.8) is 0 Å². The molecule has 0 radical (unpaired) electrons. The quantitative estimate of drug-likeness (QED) is 0.381. The van der Waals surface area contributed by atoms with Crippen molar-refractivity contribution in [2.45, 2.75) is 67.8 Å². The normalized spacial score (nSPS) is 32.4. The molecule has 1 aromatic rings. The molecule has 35 heavy (non-hydrogen) atoms. The number of amides is 2. The second-order valence-electron chi connectivity index (χ2n) is 10.7. The SMILES string of the molecule is C=CCN(C(=O)C1N([C@@H](CO)Cc2ccccc2)C(=O)[C@@H]2[C@H](C(=O)O)[C@H]3OC12CC3Br)C(C)(C)C. The van der Waals surface area contributed by atoms with Crippen molar-refractivity contribution < 1.29 is 29.3 Å². The number of hydrogen-bond acceptors (Lipinski definition) is 5. The number of aliphatic hydroxyl groups excluding tert-OH is 1. The van der Waals surface area contributed by atoms with Crippen molar-refractivity contribution >= 4 is 33.7 Å². The van der Waals surface area contributed by atoms with Crippen LogP contribution in [0.4, 0.5) is 0 Å². The molecule has 3 aliphatic rings. The number of carbonyl (C=O) groups is 3. The highest BCUT2D eigenvalue weighted by atomic mass is 79.9. The molecule has 3 aliphatic heterocycles. The zero-order chi connectivity index (χ0) is 25.7. The number of hydrogen-bond donors (Lipinski definition) is 2. The molecule has 9 heteroatoms. The first-order valence-electron chi connectivity index (χ1n) is 11.9. The maximum absolute atomic E-state index is 14.3. The van der Waals surface area contributed by atoms with Gasteiger partial charge in [-0.15, -0.1) is 6.58 Å². The number of alkyl halides is 1. The standard InChI is InChI=1S/C26H33BrN2O6/c1-5-11-28(25(2,3)4)23(32)21-26-13-17(27)20(35-26)18(24(33)34)19(26)22(31)29(21)16(14-30)12-15-9-7-6-8-10-15/h5-10,16-21,30H,1,11-14H2,2-4H3,(H,33,34)/t16-,17?,18+,19+,20+,21?,26?/m1/s1. The second-order valence-corrected chi connectivity index (χ2v) is 11.9. The molecule has 0 aromatic heterocycles. The van der Waals surface area contributed by atoms with E-state index >= 15 is 0 Å². The zero-order valence-corrected chi connectivity index (χ0v) is 21.8. The van der Waals surface area contributed by atoms with Gasteiger partial charge >= 0.3 is 5.97 Å². The van der Waals surface area contributed by atoms with E-state index in [1.807, 2.05) is 51.1 Å². The van der Waals surface area contributed by atoms with Crippen LogP contribution in [-0.4, -0.2) is 85.1 Å². The van der Waals surface area contributed by atoms with E-state index in [2.05, 4.69) is 22.5 Å². The summed E-state index contributed by atoms with van der Waals surface area (Å²) in [6.45, 7) is 9.38. The van der Waals surface area contributed by atoms with Crippen molar-refractivity contribution in [1.82, 2.24) is 9.80 Å². The van der Waals surface area contributed by atoms with Gasteiger partial charge in [0.25, 0.3) is 0 Å². The highest BCUT2D eigenvalue weighted by Gasteiger charge is 2.77. The van der Waals surface area contributed by atoms with Crippen LogP contribution in [0.2, 0.25) is 0 Å². The number of aliphatic hydroxyl groups is 1. The fourth-order valence-corrected chi connectivity index (χ4v) is 7.07. The van der Waals surface area contributed by atoms with Crippen molar-refractivity contribution in [2.75, 3.05) is 13.2 Å². The summed E-state index contributed by atoms with van der Waals surface area (Å²) < 4.78 is 6.35. The minimum absolute atomic E-state index is 0.258. The Balaban J connectivity index is 1.84. The third-order valence-corrected chi connectivity index (χ3v) is 8.40. The first-order chi connectivity index (χ1) is 16.5. The molecule has 3 heterocycles. The van der Waals surface area contributed by atoms with Crippen molar-refractivity contribution in [3.05, 3.63) is 48.6 Å². The molecule has 4 rings (SSSR count). The Bertz CT molecular complexity index is 1010. The maximum atomic E-state index is 14.3. The number of ether oxygens (including phenoxy) is 1. The van der Waals surface area contributed by atoms with Crippen LogP contribution in [0.15, 0.2) is 43.0 Å². The van der Waals surface area contributed by atoms with Crippen LogP contribution in [0.3, 0.4) is 0 Å². The summed E-state index contributed by atoms with van der Waals surface area (Å²) in [7, 11) is 0. The molecule has 2 amide bonds. The van der Waals surface area contributed by atoms with Crippen LogP contribution in [0.5, 0.6) is 0 Å². The van der Waals surface area contributed by atoms with E-state index in [9.17, 15) is 24.6 Å². The van der Waals surface area contributed by atoms with Gasteiger partial charge in [0.1, 0.15) is 11.6 Å². The molecule has 3 fully saturated rings. The molecule has 8 nitrogen and oxygen atoms in total. The number of benzene rings is 1. The van der Waals surface area contributed by atoms with Gasteiger partial charge in [-0.05, 0) is 39.2 Å². The lowest BCUT2D eigenvalue weighted by Gasteiger charge is -2.43. The van der Waals surface area contributed by atoms with Gasteiger partial charge in [-0.25, -0.2) is 0 Å². The van der Waals surface area contributed by atoms with Gasteiger partial charge in [0, 0.05) is 16.9 Å². The Kier molecular flexibility index (Phi) is 6.89. The Hall–Kier alpha value is -2.23. The Morgan fingerprint density at radius 3 is 2.54 bits per heavy atom. The number of rotatable bonds is 8. The predicted octanol–water partition coefficient (Wildman–Crippen LogP) is 2.24. The van der Waals surface area contributed by atoms with E-state index in [4.69, 9.17) is 4.74 Å². The van der Waals surface area contributed by atoms with E-state index in [0.29, 0.717) is 12.8 Å². The summed E-state index contributed by atoms with van der Waals surface area (Å²) in [5.74, 6) is -3.95. The fraction of sp³-hybridized carbons (Fsp3) is 0.577. The van der Waals surface area contributed by atoms with E-state index in [1.165, 1.54) is 4.90 Å². The molecule has 190 valence electrons. The van der Waals surface area contributed by atoms with Gasteiger partial charge in [-0.3, -0.25) is 14.4 Å². The summed E-state index contributed by atoms with van der Waals surface area (Å²) in [6, 6.07) is 7.65. The summed E-state index contributed by atoms with van der Waals surface area (Å²) >= 11 is 3.56. The number of aliphatic carboxylic acids is 1. The lowest BCUT2D eigenvalue weighted by molar-refractivity contribution is -0.155. The Morgan fingerprint density at radius 2 is 2.00 bits per heavy atom. The number of carbonyl (C=O) groups excluding carboxylic acids is 2.